The molecule has 0 atom stereocenters. The highest BCUT2D eigenvalue weighted by Gasteiger charge is 2.34. The number of amides is 1. The van der Waals surface area contributed by atoms with Crippen molar-refractivity contribution in [1.29, 1.82) is 0 Å². The molecular formula is C14H16F4N2O2. The summed E-state index contributed by atoms with van der Waals surface area (Å²) < 4.78 is 50.9. The van der Waals surface area contributed by atoms with Gasteiger partial charge in [-0.05, 0) is 25.5 Å². The van der Waals surface area contributed by atoms with Crippen LogP contribution < -0.4 is 0 Å². The summed E-state index contributed by atoms with van der Waals surface area (Å²) >= 11 is 0. The second kappa shape index (κ2) is 7.24. The Morgan fingerprint density at radius 3 is 2.45 bits per heavy atom. The lowest BCUT2D eigenvalue weighted by Gasteiger charge is -2.15. The van der Waals surface area contributed by atoms with E-state index in [0.717, 1.165) is 17.5 Å². The minimum absolute atomic E-state index is 0.0910. The summed E-state index contributed by atoms with van der Waals surface area (Å²) in [6.45, 7) is 3.44. The van der Waals surface area contributed by atoms with Gasteiger partial charge in [0.15, 0.2) is 0 Å². The molecule has 1 rings (SSSR count). The standard InChI is InChI=1S/C14H16F4N2O2/c1-3-4-7-20(13(21)22)19-9(2)10-5-6-11(12(15)8-10)14(16,17)18/h5-6,8H,3-4,7H2,1-2H3,(H,21,22)/b19-9-. The van der Waals surface area contributed by atoms with Gasteiger partial charge >= 0.3 is 12.3 Å². The average Bonchev–Trinajstić information content (AvgIpc) is 2.41. The number of rotatable bonds is 5. The van der Waals surface area contributed by atoms with Gasteiger partial charge in [0.25, 0.3) is 0 Å². The van der Waals surface area contributed by atoms with Gasteiger partial charge in [0.2, 0.25) is 0 Å². The van der Waals surface area contributed by atoms with E-state index in [0.29, 0.717) is 18.6 Å². The number of carboxylic acid groups (broad SMARTS) is 1. The summed E-state index contributed by atoms with van der Waals surface area (Å²) in [5, 5.41) is 13.6. The van der Waals surface area contributed by atoms with Crippen molar-refractivity contribution >= 4 is 11.8 Å². The predicted octanol–water partition coefficient (Wildman–Crippen LogP) is 4.35. The van der Waals surface area contributed by atoms with Crippen LogP contribution in [0.2, 0.25) is 0 Å². The monoisotopic (exact) mass is 320 g/mol. The third-order valence-corrected chi connectivity index (χ3v) is 2.91. The van der Waals surface area contributed by atoms with Gasteiger partial charge in [0.05, 0.1) is 11.3 Å². The summed E-state index contributed by atoms with van der Waals surface area (Å²) in [5.74, 6) is -1.42. The van der Waals surface area contributed by atoms with Crippen molar-refractivity contribution in [3.8, 4) is 0 Å². The van der Waals surface area contributed by atoms with Crippen LogP contribution in [0, 0.1) is 5.82 Å². The molecule has 0 unspecified atom stereocenters. The van der Waals surface area contributed by atoms with Crippen LogP contribution in [0.15, 0.2) is 23.3 Å². The number of unbranched alkanes of at least 4 members (excludes halogenated alkanes) is 1. The lowest BCUT2D eigenvalue weighted by atomic mass is 10.1. The molecule has 0 fully saturated rings. The van der Waals surface area contributed by atoms with E-state index in [1.807, 2.05) is 6.92 Å². The fraction of sp³-hybridized carbons (Fsp3) is 0.429. The van der Waals surface area contributed by atoms with Crippen molar-refractivity contribution in [2.75, 3.05) is 6.54 Å². The molecule has 4 nitrogen and oxygen atoms in total. The van der Waals surface area contributed by atoms with Crippen LogP contribution in [0.5, 0.6) is 0 Å². The number of hydrazone groups is 1. The molecule has 0 aliphatic carbocycles. The van der Waals surface area contributed by atoms with Crippen molar-refractivity contribution in [3.63, 3.8) is 0 Å². The van der Waals surface area contributed by atoms with E-state index in [2.05, 4.69) is 5.10 Å². The third-order valence-electron chi connectivity index (χ3n) is 2.91. The van der Waals surface area contributed by atoms with E-state index in [1.54, 1.807) is 0 Å². The van der Waals surface area contributed by atoms with E-state index < -0.39 is 23.7 Å². The van der Waals surface area contributed by atoms with E-state index >= 15 is 0 Å². The highest BCUT2D eigenvalue weighted by atomic mass is 19.4. The van der Waals surface area contributed by atoms with Gasteiger partial charge in [0.1, 0.15) is 5.82 Å². The van der Waals surface area contributed by atoms with Crippen molar-refractivity contribution in [3.05, 3.63) is 35.1 Å². The quantitative estimate of drug-likeness (QED) is 0.498. The van der Waals surface area contributed by atoms with Crippen molar-refractivity contribution in [1.82, 2.24) is 5.01 Å². The maximum atomic E-state index is 13.5. The summed E-state index contributed by atoms with van der Waals surface area (Å²) in [7, 11) is 0. The molecule has 0 saturated carbocycles. The minimum atomic E-state index is -4.78. The molecule has 0 spiro atoms. The molecule has 1 amide bonds. The second-order valence-electron chi connectivity index (χ2n) is 4.64. The van der Waals surface area contributed by atoms with Crippen LogP contribution >= 0.6 is 0 Å². The van der Waals surface area contributed by atoms with Crippen LogP contribution in [0.25, 0.3) is 0 Å². The molecule has 0 radical (unpaired) electrons. The van der Waals surface area contributed by atoms with Crippen LogP contribution in [0.3, 0.4) is 0 Å². The van der Waals surface area contributed by atoms with Gasteiger partial charge < -0.3 is 5.11 Å². The zero-order chi connectivity index (χ0) is 16.9. The molecule has 0 bridgehead atoms. The topological polar surface area (TPSA) is 52.9 Å². The molecule has 0 heterocycles. The van der Waals surface area contributed by atoms with Crippen LogP contribution in [-0.2, 0) is 6.18 Å². The lowest BCUT2D eigenvalue weighted by molar-refractivity contribution is -0.140. The summed E-state index contributed by atoms with van der Waals surface area (Å²) in [5.41, 5.74) is -1.16. The summed E-state index contributed by atoms with van der Waals surface area (Å²) in [4.78, 5) is 11.0. The smallest absolute Gasteiger partial charge is 0.427 e. The molecule has 0 aliphatic heterocycles. The highest BCUT2D eigenvalue weighted by molar-refractivity contribution is 5.99. The molecule has 1 aromatic rings. The molecule has 1 N–H and O–H groups in total. The molecule has 0 aromatic heterocycles. The predicted molar refractivity (Wildman–Crippen MR) is 73.3 cm³/mol. The fourth-order valence-electron chi connectivity index (χ4n) is 1.71. The maximum Gasteiger partial charge on any atom is 0.427 e. The van der Waals surface area contributed by atoms with Crippen molar-refractivity contribution < 1.29 is 27.5 Å². The van der Waals surface area contributed by atoms with Crippen LogP contribution in [-0.4, -0.2) is 28.5 Å². The van der Waals surface area contributed by atoms with E-state index in [4.69, 9.17) is 5.11 Å². The fourth-order valence-corrected chi connectivity index (χ4v) is 1.71. The Balaban J connectivity index is 3.06. The second-order valence-corrected chi connectivity index (χ2v) is 4.64. The number of nitrogens with zero attached hydrogens (tertiary/aromatic N) is 2. The Morgan fingerprint density at radius 2 is 2.00 bits per heavy atom. The first-order valence-corrected chi connectivity index (χ1v) is 6.59. The van der Waals surface area contributed by atoms with Gasteiger partial charge in [-0.2, -0.15) is 23.3 Å². The Bertz CT molecular complexity index is 570. The first kappa shape index (κ1) is 17.9. The Morgan fingerprint density at radius 1 is 1.36 bits per heavy atom. The van der Waals surface area contributed by atoms with E-state index in [1.165, 1.54) is 6.92 Å². The maximum absolute atomic E-state index is 13.5. The van der Waals surface area contributed by atoms with E-state index in [-0.39, 0.29) is 17.8 Å². The number of halogens is 4. The van der Waals surface area contributed by atoms with Gasteiger partial charge in [-0.25, -0.2) is 9.18 Å². The van der Waals surface area contributed by atoms with Gasteiger partial charge in [-0.15, -0.1) is 0 Å². The minimum Gasteiger partial charge on any atom is -0.464 e. The molecule has 122 valence electrons. The molecule has 1 aromatic carbocycles. The Hall–Kier alpha value is -2.12. The Kier molecular flexibility index (Phi) is 5.90. The first-order valence-electron chi connectivity index (χ1n) is 6.59. The zero-order valence-corrected chi connectivity index (χ0v) is 12.1. The normalized spacial score (nSPS) is 12.4. The number of alkyl halides is 3. The number of hydrogen-bond donors (Lipinski definition) is 1. The highest BCUT2D eigenvalue weighted by Crippen LogP contribution is 2.31. The lowest BCUT2D eigenvalue weighted by Crippen LogP contribution is -2.26. The molecular weight excluding hydrogens is 304 g/mol. The van der Waals surface area contributed by atoms with Crippen LogP contribution in [0.4, 0.5) is 22.4 Å². The van der Waals surface area contributed by atoms with Crippen molar-refractivity contribution in [2.45, 2.75) is 32.9 Å². The van der Waals surface area contributed by atoms with Crippen LogP contribution in [0.1, 0.15) is 37.8 Å². The third kappa shape index (κ3) is 4.71. The number of carbonyl (C=O) groups is 1. The van der Waals surface area contributed by atoms with Gasteiger partial charge in [-0.3, -0.25) is 0 Å². The molecule has 8 heteroatoms. The SMILES string of the molecule is CCCCN(/N=C(/C)c1ccc(C(F)(F)F)c(F)c1)C(=O)O. The zero-order valence-electron chi connectivity index (χ0n) is 12.1. The Labute approximate surface area is 125 Å². The van der Waals surface area contributed by atoms with Gasteiger partial charge in [-0.1, -0.05) is 19.4 Å². The van der Waals surface area contributed by atoms with E-state index in [9.17, 15) is 22.4 Å². The molecule has 22 heavy (non-hydrogen) atoms. The van der Waals surface area contributed by atoms with Gasteiger partial charge in [0, 0.05) is 12.1 Å². The summed E-state index contributed by atoms with van der Waals surface area (Å²) in [6.07, 6.45) is -4.71. The molecule has 0 saturated heterocycles. The largest absolute Gasteiger partial charge is 0.464 e. The number of benzene rings is 1. The van der Waals surface area contributed by atoms with Crippen molar-refractivity contribution in [2.24, 2.45) is 5.10 Å². The first-order chi connectivity index (χ1) is 10.2. The number of hydrogen-bond acceptors (Lipinski definition) is 2. The molecule has 0 aliphatic rings. The average molecular weight is 320 g/mol. The summed E-state index contributed by atoms with van der Waals surface area (Å²) in [6, 6.07) is 2.37.